The lowest BCUT2D eigenvalue weighted by Gasteiger charge is -2.08. The van der Waals surface area contributed by atoms with Crippen molar-refractivity contribution in [2.24, 2.45) is 11.5 Å². The molecule has 0 spiro atoms. The summed E-state index contributed by atoms with van der Waals surface area (Å²) in [6.45, 7) is 0. The van der Waals surface area contributed by atoms with E-state index in [-0.39, 0.29) is 11.5 Å². The maximum atomic E-state index is 9.78. The first-order chi connectivity index (χ1) is 10.1. The van der Waals surface area contributed by atoms with Gasteiger partial charge in [-0.05, 0) is 23.8 Å². The van der Waals surface area contributed by atoms with Crippen molar-refractivity contribution < 1.29 is 10.2 Å². The normalized spacial score (nSPS) is 12.2. The summed E-state index contributed by atoms with van der Waals surface area (Å²) < 4.78 is 0. The van der Waals surface area contributed by atoms with Crippen LogP contribution in [0.3, 0.4) is 0 Å². The van der Waals surface area contributed by atoms with Crippen molar-refractivity contribution in [3.63, 3.8) is 0 Å². The highest BCUT2D eigenvalue weighted by atomic mass is 16.3. The predicted octanol–water partition coefficient (Wildman–Crippen LogP) is 2.44. The number of hydrogen-bond acceptors (Lipinski definition) is 4. The third kappa shape index (κ3) is 3.95. The fourth-order valence-electron chi connectivity index (χ4n) is 1.86. The highest BCUT2D eigenvalue weighted by molar-refractivity contribution is 5.67. The molecule has 4 heteroatoms. The van der Waals surface area contributed by atoms with E-state index in [1.165, 1.54) is 0 Å². The van der Waals surface area contributed by atoms with Gasteiger partial charge in [-0.25, -0.2) is 0 Å². The van der Waals surface area contributed by atoms with Crippen LogP contribution in [0.5, 0.6) is 11.5 Å². The van der Waals surface area contributed by atoms with Gasteiger partial charge in [-0.2, -0.15) is 0 Å². The van der Waals surface area contributed by atoms with E-state index in [2.05, 4.69) is 0 Å². The third-order valence-corrected chi connectivity index (χ3v) is 3.04. The lowest BCUT2D eigenvalue weighted by atomic mass is 10.1. The zero-order valence-electron chi connectivity index (χ0n) is 11.5. The van der Waals surface area contributed by atoms with Gasteiger partial charge in [-0.1, -0.05) is 48.6 Å². The Morgan fingerprint density at radius 2 is 1.38 bits per heavy atom. The van der Waals surface area contributed by atoms with Crippen molar-refractivity contribution in [2.75, 3.05) is 0 Å². The molecule has 2 aromatic carbocycles. The minimum Gasteiger partial charge on any atom is -0.507 e. The SMILES string of the molecule is NC(N)C(/C=C\c1ccccc1O)=C/c1ccccc1O. The molecule has 2 aromatic rings. The van der Waals surface area contributed by atoms with Crippen LogP contribution in [0.4, 0.5) is 0 Å². The number of benzene rings is 2. The molecule has 4 nitrogen and oxygen atoms in total. The second-order valence-corrected chi connectivity index (χ2v) is 4.62. The smallest absolute Gasteiger partial charge is 0.122 e. The summed E-state index contributed by atoms with van der Waals surface area (Å²) in [6.07, 6.45) is 4.49. The standard InChI is InChI=1S/C17H18N2O2/c18-17(19)14(11-13-6-2-4-8-16(13)21)10-9-12-5-1-3-7-15(12)20/h1-11,17,20-21H,18-19H2/b10-9-,14-11+. The van der Waals surface area contributed by atoms with Crippen molar-refractivity contribution in [3.05, 3.63) is 71.3 Å². The summed E-state index contributed by atoms with van der Waals surface area (Å²) in [5.41, 5.74) is 13.4. The van der Waals surface area contributed by atoms with Crippen LogP contribution < -0.4 is 11.5 Å². The molecule has 2 rings (SSSR count). The number of aromatic hydroxyl groups is 2. The van der Waals surface area contributed by atoms with Crippen LogP contribution in [0.15, 0.2) is 60.2 Å². The molecule has 0 atom stereocenters. The number of hydrogen-bond donors (Lipinski definition) is 4. The van der Waals surface area contributed by atoms with E-state index in [0.29, 0.717) is 16.7 Å². The van der Waals surface area contributed by atoms with Crippen LogP contribution in [-0.4, -0.2) is 16.4 Å². The van der Waals surface area contributed by atoms with E-state index < -0.39 is 6.17 Å². The van der Waals surface area contributed by atoms with Crippen LogP contribution in [0.25, 0.3) is 12.2 Å². The Balaban J connectivity index is 2.33. The van der Waals surface area contributed by atoms with Crippen molar-refractivity contribution in [3.8, 4) is 11.5 Å². The van der Waals surface area contributed by atoms with Gasteiger partial charge < -0.3 is 21.7 Å². The average molecular weight is 282 g/mol. The molecule has 0 aromatic heterocycles. The average Bonchev–Trinajstić information content (AvgIpc) is 2.46. The fraction of sp³-hybridized carbons (Fsp3) is 0.0588. The quantitative estimate of drug-likeness (QED) is 0.512. The molecule has 0 bridgehead atoms. The fourth-order valence-corrected chi connectivity index (χ4v) is 1.86. The molecule has 0 radical (unpaired) electrons. The number of para-hydroxylation sites is 2. The van der Waals surface area contributed by atoms with E-state index in [0.717, 1.165) is 0 Å². The summed E-state index contributed by atoms with van der Waals surface area (Å²) in [5, 5.41) is 19.5. The largest absolute Gasteiger partial charge is 0.507 e. The summed E-state index contributed by atoms with van der Waals surface area (Å²) >= 11 is 0. The van der Waals surface area contributed by atoms with Gasteiger partial charge in [0.05, 0.1) is 6.17 Å². The van der Waals surface area contributed by atoms with Crippen LogP contribution in [0.2, 0.25) is 0 Å². The Morgan fingerprint density at radius 1 is 0.857 bits per heavy atom. The topological polar surface area (TPSA) is 92.5 Å². The van der Waals surface area contributed by atoms with Crippen molar-refractivity contribution in [2.45, 2.75) is 6.17 Å². The Labute approximate surface area is 123 Å². The van der Waals surface area contributed by atoms with E-state index >= 15 is 0 Å². The van der Waals surface area contributed by atoms with Crippen molar-refractivity contribution >= 4 is 12.2 Å². The second-order valence-electron chi connectivity index (χ2n) is 4.62. The zero-order valence-corrected chi connectivity index (χ0v) is 11.5. The molecule has 6 N–H and O–H groups in total. The lowest BCUT2D eigenvalue weighted by Crippen LogP contribution is -2.31. The molecule has 21 heavy (non-hydrogen) atoms. The molecular formula is C17H18N2O2. The summed E-state index contributed by atoms with van der Waals surface area (Å²) in [6, 6.07) is 13.9. The Hall–Kier alpha value is -2.56. The van der Waals surface area contributed by atoms with Gasteiger partial charge in [0, 0.05) is 11.1 Å². The van der Waals surface area contributed by atoms with Gasteiger partial charge in [0.1, 0.15) is 11.5 Å². The van der Waals surface area contributed by atoms with Crippen LogP contribution in [-0.2, 0) is 0 Å². The monoisotopic (exact) mass is 282 g/mol. The van der Waals surface area contributed by atoms with E-state index in [1.54, 1.807) is 54.6 Å². The van der Waals surface area contributed by atoms with Crippen LogP contribution >= 0.6 is 0 Å². The highest BCUT2D eigenvalue weighted by Crippen LogP contribution is 2.22. The minimum absolute atomic E-state index is 0.159. The number of nitrogens with two attached hydrogens (primary N) is 2. The predicted molar refractivity (Wildman–Crippen MR) is 85.4 cm³/mol. The van der Waals surface area contributed by atoms with Crippen molar-refractivity contribution in [1.82, 2.24) is 0 Å². The maximum Gasteiger partial charge on any atom is 0.122 e. The first kappa shape index (κ1) is 14.8. The molecule has 0 aliphatic heterocycles. The highest BCUT2D eigenvalue weighted by Gasteiger charge is 2.04. The first-order valence-electron chi connectivity index (χ1n) is 6.55. The molecule has 108 valence electrons. The molecule has 0 amide bonds. The number of phenolic OH excluding ortho intramolecular Hbond substituents is 2. The van der Waals surface area contributed by atoms with Gasteiger partial charge >= 0.3 is 0 Å². The minimum atomic E-state index is -0.688. The number of rotatable bonds is 4. The van der Waals surface area contributed by atoms with E-state index in [1.807, 2.05) is 12.1 Å². The maximum absolute atomic E-state index is 9.78. The molecule has 0 unspecified atom stereocenters. The van der Waals surface area contributed by atoms with Gasteiger partial charge in [0.15, 0.2) is 0 Å². The second kappa shape index (κ2) is 6.74. The first-order valence-corrected chi connectivity index (χ1v) is 6.55. The Kier molecular flexibility index (Phi) is 4.77. The molecular weight excluding hydrogens is 264 g/mol. The molecule has 0 saturated heterocycles. The van der Waals surface area contributed by atoms with Gasteiger partial charge in [-0.3, -0.25) is 0 Å². The summed E-state index contributed by atoms with van der Waals surface area (Å²) in [5.74, 6) is 0.341. The van der Waals surface area contributed by atoms with Gasteiger partial charge in [-0.15, -0.1) is 0 Å². The Bertz CT molecular complexity index is 676. The van der Waals surface area contributed by atoms with Gasteiger partial charge in [0.2, 0.25) is 0 Å². The van der Waals surface area contributed by atoms with E-state index in [4.69, 9.17) is 11.5 Å². The third-order valence-electron chi connectivity index (χ3n) is 3.04. The molecule has 0 fully saturated rings. The number of phenols is 2. The summed E-state index contributed by atoms with van der Waals surface area (Å²) in [4.78, 5) is 0. The summed E-state index contributed by atoms with van der Waals surface area (Å²) in [7, 11) is 0. The molecule has 0 saturated carbocycles. The van der Waals surface area contributed by atoms with E-state index in [9.17, 15) is 10.2 Å². The van der Waals surface area contributed by atoms with Crippen molar-refractivity contribution in [1.29, 1.82) is 0 Å². The molecule has 0 heterocycles. The van der Waals surface area contributed by atoms with Gasteiger partial charge in [0.25, 0.3) is 0 Å². The lowest BCUT2D eigenvalue weighted by molar-refractivity contribution is 0.473. The van der Waals surface area contributed by atoms with Crippen LogP contribution in [0.1, 0.15) is 11.1 Å². The molecule has 0 aliphatic rings. The zero-order chi connectivity index (χ0) is 15.2. The Morgan fingerprint density at radius 3 is 1.90 bits per heavy atom. The molecule has 0 aliphatic carbocycles. The van der Waals surface area contributed by atoms with Crippen LogP contribution in [0, 0.1) is 0 Å².